The van der Waals surface area contributed by atoms with Gasteiger partial charge >= 0.3 is 0 Å². The minimum absolute atomic E-state index is 0.382. The molecule has 0 aliphatic carbocycles. The van der Waals surface area contributed by atoms with E-state index in [1.165, 1.54) is 4.09 Å². The van der Waals surface area contributed by atoms with Crippen LogP contribution in [0.4, 0.5) is 5.82 Å². The van der Waals surface area contributed by atoms with E-state index in [1.54, 1.807) is 12.3 Å². The first-order valence-corrected chi connectivity index (χ1v) is 7.40. The third-order valence-corrected chi connectivity index (χ3v) is 3.92. The Hall–Kier alpha value is -2.92. The van der Waals surface area contributed by atoms with Crippen molar-refractivity contribution in [2.24, 2.45) is 0 Å². The maximum absolute atomic E-state index is 6.43. The fourth-order valence-corrected chi connectivity index (χ4v) is 2.73. The molecule has 5 nitrogen and oxygen atoms in total. The average Bonchev–Trinajstić information content (AvgIpc) is 2.92. The van der Waals surface area contributed by atoms with Crippen molar-refractivity contribution in [3.63, 3.8) is 0 Å². The third kappa shape index (κ3) is 2.31. The van der Waals surface area contributed by atoms with Crippen LogP contribution in [-0.4, -0.2) is 19.0 Å². The molecule has 4 rings (SSSR count). The molecule has 0 aliphatic heterocycles. The lowest BCUT2D eigenvalue weighted by Gasteiger charge is -2.03. The van der Waals surface area contributed by atoms with Crippen molar-refractivity contribution >= 4 is 28.8 Å². The molecule has 3 aromatic heterocycles. The zero-order valence-electron chi connectivity index (χ0n) is 12.0. The van der Waals surface area contributed by atoms with Crippen LogP contribution < -0.4 is 5.73 Å². The standard InChI is InChI=1S/C17H12ClN5/c18-23-16(12-7-4-10-20-15(12)19)22-14-9-8-13(21-17(14)23)11-5-2-1-3-6-11/h1-10H,(H2,19,20). The molecule has 0 saturated carbocycles. The van der Waals surface area contributed by atoms with Gasteiger partial charge in [0.15, 0.2) is 11.5 Å². The van der Waals surface area contributed by atoms with E-state index in [-0.39, 0.29) is 0 Å². The van der Waals surface area contributed by atoms with Crippen LogP contribution in [0.25, 0.3) is 33.8 Å². The van der Waals surface area contributed by atoms with Gasteiger partial charge in [0.05, 0.1) is 11.3 Å². The first kappa shape index (κ1) is 13.7. The summed E-state index contributed by atoms with van der Waals surface area (Å²) >= 11 is 6.43. The highest BCUT2D eigenvalue weighted by atomic mass is 35.5. The molecule has 0 spiro atoms. The molecule has 0 fully saturated rings. The SMILES string of the molecule is Nc1ncccc1-c1nc2ccc(-c3ccccc3)nc2n1Cl. The van der Waals surface area contributed by atoms with Gasteiger partial charge in [0.1, 0.15) is 11.3 Å². The van der Waals surface area contributed by atoms with Crippen LogP contribution in [0.15, 0.2) is 60.8 Å². The number of nitrogens with zero attached hydrogens (tertiary/aromatic N) is 4. The molecule has 2 N–H and O–H groups in total. The van der Waals surface area contributed by atoms with Gasteiger partial charge in [0, 0.05) is 23.5 Å². The zero-order valence-corrected chi connectivity index (χ0v) is 12.8. The number of hydrogen-bond donors (Lipinski definition) is 1. The molecule has 112 valence electrons. The van der Waals surface area contributed by atoms with Crippen molar-refractivity contribution in [3.05, 3.63) is 60.8 Å². The van der Waals surface area contributed by atoms with Gasteiger partial charge in [0.2, 0.25) is 0 Å². The van der Waals surface area contributed by atoms with E-state index in [9.17, 15) is 0 Å². The Labute approximate surface area is 137 Å². The van der Waals surface area contributed by atoms with Gasteiger partial charge in [-0.2, -0.15) is 0 Å². The van der Waals surface area contributed by atoms with E-state index < -0.39 is 0 Å². The number of aromatic nitrogens is 4. The van der Waals surface area contributed by atoms with Gasteiger partial charge in [-0.25, -0.2) is 19.0 Å². The summed E-state index contributed by atoms with van der Waals surface area (Å²) in [7, 11) is 0. The van der Waals surface area contributed by atoms with Gasteiger partial charge < -0.3 is 5.73 Å². The highest BCUT2D eigenvalue weighted by molar-refractivity contribution is 6.20. The molecule has 0 bridgehead atoms. The predicted octanol–water partition coefficient (Wildman–Crippen LogP) is 3.74. The first-order valence-electron chi connectivity index (χ1n) is 7.06. The molecule has 3 heterocycles. The predicted molar refractivity (Wildman–Crippen MR) is 91.9 cm³/mol. The molecule has 0 saturated heterocycles. The first-order chi connectivity index (χ1) is 11.2. The number of imidazole rings is 1. The van der Waals surface area contributed by atoms with Crippen LogP contribution in [0.3, 0.4) is 0 Å². The van der Waals surface area contributed by atoms with E-state index in [0.717, 1.165) is 11.3 Å². The number of nitrogens with two attached hydrogens (primary N) is 1. The largest absolute Gasteiger partial charge is 0.383 e. The summed E-state index contributed by atoms with van der Waals surface area (Å²) < 4.78 is 1.43. The van der Waals surface area contributed by atoms with Crippen molar-refractivity contribution in [1.82, 2.24) is 19.0 Å². The van der Waals surface area contributed by atoms with E-state index in [0.29, 0.717) is 28.4 Å². The van der Waals surface area contributed by atoms with E-state index in [1.807, 2.05) is 48.5 Å². The molecular weight excluding hydrogens is 310 g/mol. The Bertz CT molecular complexity index is 994. The summed E-state index contributed by atoms with van der Waals surface area (Å²) in [5.41, 5.74) is 9.76. The molecule has 1 aromatic carbocycles. The second kappa shape index (κ2) is 5.37. The lowest BCUT2D eigenvalue weighted by atomic mass is 10.1. The maximum Gasteiger partial charge on any atom is 0.176 e. The second-order valence-electron chi connectivity index (χ2n) is 5.06. The number of rotatable bonds is 2. The Morgan fingerprint density at radius 1 is 0.913 bits per heavy atom. The van der Waals surface area contributed by atoms with Crippen LogP contribution >= 0.6 is 11.8 Å². The highest BCUT2D eigenvalue weighted by Gasteiger charge is 2.15. The fourth-order valence-electron chi connectivity index (χ4n) is 2.47. The van der Waals surface area contributed by atoms with Crippen LogP contribution in [0.2, 0.25) is 0 Å². The van der Waals surface area contributed by atoms with E-state index in [4.69, 9.17) is 17.5 Å². The number of hydrogen-bond acceptors (Lipinski definition) is 4. The van der Waals surface area contributed by atoms with Crippen molar-refractivity contribution in [2.45, 2.75) is 0 Å². The topological polar surface area (TPSA) is 69.6 Å². The minimum Gasteiger partial charge on any atom is -0.383 e. The van der Waals surface area contributed by atoms with E-state index in [2.05, 4.69) is 15.0 Å². The summed E-state index contributed by atoms with van der Waals surface area (Å²) in [6, 6.07) is 17.4. The monoisotopic (exact) mass is 321 g/mol. The van der Waals surface area contributed by atoms with Crippen molar-refractivity contribution < 1.29 is 0 Å². The van der Waals surface area contributed by atoms with Crippen LogP contribution in [0.5, 0.6) is 0 Å². The molecule has 0 unspecified atom stereocenters. The number of halogens is 1. The summed E-state index contributed by atoms with van der Waals surface area (Å²) in [4.78, 5) is 13.2. The number of fused-ring (bicyclic) bond motifs is 1. The Balaban J connectivity index is 1.91. The number of benzene rings is 1. The lowest BCUT2D eigenvalue weighted by molar-refractivity contribution is 1.20. The van der Waals surface area contributed by atoms with Gasteiger partial charge in [0.25, 0.3) is 0 Å². The molecule has 4 aromatic rings. The van der Waals surface area contributed by atoms with Gasteiger partial charge in [-0.15, -0.1) is 0 Å². The lowest BCUT2D eigenvalue weighted by Crippen LogP contribution is -1.96. The molecule has 6 heteroatoms. The average molecular weight is 322 g/mol. The molecule has 0 atom stereocenters. The van der Waals surface area contributed by atoms with Gasteiger partial charge in [-0.1, -0.05) is 30.3 Å². The molecule has 0 radical (unpaired) electrons. The maximum atomic E-state index is 6.43. The van der Waals surface area contributed by atoms with Gasteiger partial charge in [-0.05, 0) is 24.3 Å². The minimum atomic E-state index is 0.382. The molecule has 23 heavy (non-hydrogen) atoms. The quantitative estimate of drug-likeness (QED) is 0.610. The van der Waals surface area contributed by atoms with Crippen molar-refractivity contribution in [3.8, 4) is 22.6 Å². The normalized spacial score (nSPS) is 11.0. The number of anilines is 1. The smallest absolute Gasteiger partial charge is 0.176 e. The summed E-state index contributed by atoms with van der Waals surface area (Å²) in [5.74, 6) is 0.915. The third-order valence-electron chi connectivity index (χ3n) is 3.60. The molecular formula is C17H12ClN5. The zero-order chi connectivity index (χ0) is 15.8. The Morgan fingerprint density at radius 3 is 2.52 bits per heavy atom. The second-order valence-corrected chi connectivity index (χ2v) is 5.40. The number of pyridine rings is 2. The summed E-state index contributed by atoms with van der Waals surface area (Å²) in [5, 5.41) is 0. The van der Waals surface area contributed by atoms with Crippen LogP contribution in [-0.2, 0) is 0 Å². The van der Waals surface area contributed by atoms with Crippen molar-refractivity contribution in [1.29, 1.82) is 0 Å². The Kier molecular flexibility index (Phi) is 3.20. The van der Waals surface area contributed by atoms with Crippen molar-refractivity contribution in [2.75, 3.05) is 5.73 Å². The summed E-state index contributed by atoms with van der Waals surface area (Å²) in [6.45, 7) is 0. The summed E-state index contributed by atoms with van der Waals surface area (Å²) in [6.07, 6.45) is 1.63. The van der Waals surface area contributed by atoms with E-state index >= 15 is 0 Å². The van der Waals surface area contributed by atoms with Crippen LogP contribution in [0.1, 0.15) is 0 Å². The fraction of sp³-hybridized carbons (Fsp3) is 0. The number of nitrogen functional groups attached to an aromatic ring is 1. The highest BCUT2D eigenvalue weighted by Crippen LogP contribution is 2.29. The van der Waals surface area contributed by atoms with Gasteiger partial charge in [-0.3, -0.25) is 0 Å². The molecule has 0 aliphatic rings. The molecule has 0 amide bonds. The van der Waals surface area contributed by atoms with Crippen LogP contribution in [0, 0.1) is 0 Å². The Morgan fingerprint density at radius 2 is 1.74 bits per heavy atom.